The Kier molecular flexibility index (Phi) is 55.9. The van der Waals surface area contributed by atoms with Crippen LogP contribution in [0.3, 0.4) is 0 Å². The van der Waals surface area contributed by atoms with Gasteiger partial charge in [-0.3, -0.25) is 14.4 Å². The highest BCUT2D eigenvalue weighted by Gasteiger charge is 2.19. The average Bonchev–Trinajstić information content (AvgIpc) is 3.37. The van der Waals surface area contributed by atoms with Crippen LogP contribution in [-0.4, -0.2) is 37.2 Å². The third-order valence-electron chi connectivity index (χ3n) is 12.5. The molecule has 0 amide bonds. The van der Waals surface area contributed by atoms with E-state index in [1.54, 1.807) is 0 Å². The molecule has 0 aliphatic carbocycles. The van der Waals surface area contributed by atoms with Gasteiger partial charge in [-0.05, 0) is 116 Å². The molecule has 0 saturated carbocycles. The van der Waals surface area contributed by atoms with E-state index in [-0.39, 0.29) is 37.5 Å². The third-order valence-corrected chi connectivity index (χ3v) is 12.5. The van der Waals surface area contributed by atoms with E-state index in [2.05, 4.69) is 118 Å². The summed E-state index contributed by atoms with van der Waals surface area (Å²) in [5.41, 5.74) is 0. The fourth-order valence-electron chi connectivity index (χ4n) is 8.09. The lowest BCUT2D eigenvalue weighted by molar-refractivity contribution is -0.167. The molecule has 0 rings (SSSR count). The molecule has 0 N–H and O–H groups in total. The van der Waals surface area contributed by atoms with Crippen LogP contribution < -0.4 is 0 Å². The van der Waals surface area contributed by atoms with Crippen LogP contribution in [0, 0.1) is 0 Å². The smallest absolute Gasteiger partial charge is 0.306 e. The minimum absolute atomic E-state index is 0.105. The molecule has 0 aliphatic rings. The molecule has 0 unspecified atom stereocenters. The van der Waals surface area contributed by atoms with Gasteiger partial charge in [0.1, 0.15) is 13.2 Å². The van der Waals surface area contributed by atoms with Gasteiger partial charge in [-0.2, -0.15) is 0 Å². The molecule has 0 aliphatic heterocycles. The Morgan fingerprint density at radius 1 is 0.296 bits per heavy atom. The predicted octanol–water partition coefficient (Wildman–Crippen LogP) is 20.1. The normalized spacial score (nSPS) is 12.8. The molecule has 0 saturated heterocycles. The maximum Gasteiger partial charge on any atom is 0.306 e. The Morgan fingerprint density at radius 3 is 0.944 bits per heavy atom. The Morgan fingerprint density at radius 2 is 0.563 bits per heavy atom. The molecule has 0 fully saturated rings. The number of carbonyl (C=O) groups excluding carboxylic acids is 3. The molecule has 0 heterocycles. The summed E-state index contributed by atoms with van der Waals surface area (Å²) in [6.45, 7) is 6.46. The van der Waals surface area contributed by atoms with Crippen LogP contribution in [0.15, 0.2) is 97.2 Å². The van der Waals surface area contributed by atoms with Crippen molar-refractivity contribution in [1.29, 1.82) is 0 Å². The predicted molar refractivity (Wildman–Crippen MR) is 307 cm³/mol. The van der Waals surface area contributed by atoms with Crippen molar-refractivity contribution in [2.75, 3.05) is 13.2 Å². The van der Waals surface area contributed by atoms with Crippen LogP contribution in [0.1, 0.15) is 278 Å². The van der Waals surface area contributed by atoms with Gasteiger partial charge < -0.3 is 14.2 Å². The molecule has 406 valence electrons. The Balaban J connectivity index is 4.48. The second kappa shape index (κ2) is 58.9. The standard InChI is InChI=1S/C65H110O6/c1-4-7-10-13-16-19-22-25-28-31-32-35-37-40-43-46-49-52-55-58-64(67)70-61-62(71-65(68)59-56-53-50-47-44-41-38-34-30-27-24-21-18-15-12-9-6-3)60-69-63(66)57-54-51-48-45-42-39-36-33-29-26-23-20-17-14-11-8-5-2/h9,12,17-18,20-21,26-27,29-32,38,41,47,50,62H,4-8,10-11,13-16,19,22-25,28,33-37,39-40,42-46,48-49,51-61H2,1-3H3/b12-9-,20-17-,21-18-,29-26-,30-27-,32-31-,41-38-,50-47-/t62-/m1/s1. The maximum absolute atomic E-state index is 12.8. The van der Waals surface area contributed by atoms with E-state index in [1.807, 2.05) is 0 Å². The van der Waals surface area contributed by atoms with Crippen LogP contribution in [0.5, 0.6) is 0 Å². The number of unbranched alkanes of at least 4 members (excludes halogenated alkanes) is 26. The molecule has 0 spiro atoms. The first kappa shape index (κ1) is 67.3. The highest BCUT2D eigenvalue weighted by atomic mass is 16.6. The minimum atomic E-state index is -0.814. The van der Waals surface area contributed by atoms with Gasteiger partial charge in [0.15, 0.2) is 6.10 Å². The number of allylic oxidation sites excluding steroid dienone is 16. The highest BCUT2D eigenvalue weighted by Crippen LogP contribution is 2.15. The molecule has 0 radical (unpaired) electrons. The number of carbonyl (C=O) groups is 3. The zero-order chi connectivity index (χ0) is 51.4. The van der Waals surface area contributed by atoms with E-state index < -0.39 is 6.10 Å². The summed E-state index contributed by atoms with van der Waals surface area (Å²) in [6.07, 6.45) is 78.3. The number of hydrogen-bond acceptors (Lipinski definition) is 6. The fraction of sp³-hybridized carbons (Fsp3) is 0.708. The summed E-state index contributed by atoms with van der Waals surface area (Å²) in [4.78, 5) is 38.2. The lowest BCUT2D eigenvalue weighted by Crippen LogP contribution is -2.30. The van der Waals surface area contributed by atoms with Gasteiger partial charge in [0.05, 0.1) is 0 Å². The molecule has 0 aromatic carbocycles. The first-order valence-electron chi connectivity index (χ1n) is 29.7. The topological polar surface area (TPSA) is 78.9 Å². The Bertz CT molecular complexity index is 1410. The summed E-state index contributed by atoms with van der Waals surface area (Å²) in [6, 6.07) is 0. The molecule has 0 aromatic rings. The van der Waals surface area contributed by atoms with Crippen molar-refractivity contribution in [3.63, 3.8) is 0 Å². The lowest BCUT2D eigenvalue weighted by Gasteiger charge is -2.18. The van der Waals surface area contributed by atoms with Gasteiger partial charge in [-0.15, -0.1) is 0 Å². The van der Waals surface area contributed by atoms with E-state index in [4.69, 9.17) is 14.2 Å². The van der Waals surface area contributed by atoms with Gasteiger partial charge >= 0.3 is 17.9 Å². The molecule has 1 atom stereocenters. The van der Waals surface area contributed by atoms with Crippen LogP contribution >= 0.6 is 0 Å². The summed E-state index contributed by atoms with van der Waals surface area (Å²) < 4.78 is 16.8. The number of hydrogen-bond donors (Lipinski definition) is 0. The lowest BCUT2D eigenvalue weighted by atomic mass is 10.1. The van der Waals surface area contributed by atoms with Crippen LogP contribution in [0.4, 0.5) is 0 Å². The summed E-state index contributed by atoms with van der Waals surface area (Å²) in [7, 11) is 0. The average molecular weight is 988 g/mol. The number of ether oxygens (including phenoxy) is 3. The van der Waals surface area contributed by atoms with Crippen molar-refractivity contribution in [2.45, 2.75) is 284 Å². The first-order chi connectivity index (χ1) is 35.0. The van der Waals surface area contributed by atoms with Gasteiger partial charge in [0.25, 0.3) is 0 Å². The summed E-state index contributed by atoms with van der Waals surface area (Å²) >= 11 is 0. The first-order valence-corrected chi connectivity index (χ1v) is 29.7. The van der Waals surface area contributed by atoms with Crippen LogP contribution in [0.25, 0.3) is 0 Å². The summed E-state index contributed by atoms with van der Waals surface area (Å²) in [5.74, 6) is -0.971. The second-order valence-electron chi connectivity index (χ2n) is 19.5. The van der Waals surface area contributed by atoms with Crippen molar-refractivity contribution in [1.82, 2.24) is 0 Å². The van der Waals surface area contributed by atoms with E-state index >= 15 is 0 Å². The van der Waals surface area contributed by atoms with Crippen molar-refractivity contribution in [2.24, 2.45) is 0 Å². The van der Waals surface area contributed by atoms with E-state index in [0.29, 0.717) is 19.3 Å². The van der Waals surface area contributed by atoms with Crippen LogP contribution in [-0.2, 0) is 28.6 Å². The van der Waals surface area contributed by atoms with E-state index in [0.717, 1.165) is 89.9 Å². The van der Waals surface area contributed by atoms with E-state index in [1.165, 1.54) is 141 Å². The second-order valence-corrected chi connectivity index (χ2v) is 19.5. The van der Waals surface area contributed by atoms with Crippen LogP contribution in [0.2, 0.25) is 0 Å². The van der Waals surface area contributed by atoms with Crippen molar-refractivity contribution in [3.05, 3.63) is 97.2 Å². The molecular formula is C65H110O6. The molecule has 6 heteroatoms. The van der Waals surface area contributed by atoms with Gasteiger partial charge in [0.2, 0.25) is 0 Å². The maximum atomic E-state index is 12.8. The molecule has 0 aromatic heterocycles. The zero-order valence-electron chi connectivity index (χ0n) is 46.5. The monoisotopic (exact) mass is 987 g/mol. The Hall–Kier alpha value is -3.67. The largest absolute Gasteiger partial charge is 0.462 e. The van der Waals surface area contributed by atoms with E-state index in [9.17, 15) is 14.4 Å². The molecule has 71 heavy (non-hydrogen) atoms. The summed E-state index contributed by atoms with van der Waals surface area (Å²) in [5, 5.41) is 0. The quantitative estimate of drug-likeness (QED) is 0.0261. The zero-order valence-corrected chi connectivity index (χ0v) is 46.5. The van der Waals surface area contributed by atoms with Gasteiger partial charge in [-0.1, -0.05) is 240 Å². The van der Waals surface area contributed by atoms with Gasteiger partial charge in [0, 0.05) is 19.3 Å². The minimum Gasteiger partial charge on any atom is -0.462 e. The number of rotatable bonds is 53. The van der Waals surface area contributed by atoms with Gasteiger partial charge in [-0.25, -0.2) is 0 Å². The Labute approximate surface area is 438 Å². The molecule has 0 bridgehead atoms. The fourth-order valence-corrected chi connectivity index (χ4v) is 8.09. The van der Waals surface area contributed by atoms with Crippen molar-refractivity contribution >= 4 is 17.9 Å². The van der Waals surface area contributed by atoms with Crippen molar-refractivity contribution in [3.8, 4) is 0 Å². The third kappa shape index (κ3) is 57.1. The SMILES string of the molecule is CC/C=C\C/C=C\C/C=C\C/C=C\C/C=C\CCCC(=O)O[C@H](COC(=O)CCCCCCCCC/C=C\C/C=C\CCCCC)COC(=O)CCCCCCCCC/C=C\CCCCCCCCCC. The molecule has 6 nitrogen and oxygen atoms in total. The highest BCUT2D eigenvalue weighted by molar-refractivity contribution is 5.71. The number of esters is 3. The molecular weight excluding hydrogens is 877 g/mol. The van der Waals surface area contributed by atoms with Crippen molar-refractivity contribution < 1.29 is 28.6 Å².